The molecule has 2 amide bonds. The second-order valence-corrected chi connectivity index (χ2v) is 4.81. The zero-order valence-electron chi connectivity index (χ0n) is 13.0. The standard InChI is InChI=1S/C16H16N2O6/c1-23-9-5-3-7(15(17)21)11(13(9)19)12-8(16(18)22)4-6-10(24-2)14(12)20/h3-6,19-20H,1-2H3,(H2,17,21)(H2,18,22). The number of primary amides is 2. The second kappa shape index (κ2) is 6.37. The number of phenols is 2. The largest absolute Gasteiger partial charge is 0.504 e. The lowest BCUT2D eigenvalue weighted by Gasteiger charge is -2.17. The molecule has 0 aliphatic rings. The first kappa shape index (κ1) is 16.9. The molecule has 2 aromatic carbocycles. The van der Waals surface area contributed by atoms with Gasteiger partial charge in [-0.1, -0.05) is 0 Å². The fourth-order valence-electron chi connectivity index (χ4n) is 2.39. The van der Waals surface area contributed by atoms with Gasteiger partial charge in [0.05, 0.1) is 25.3 Å². The molecule has 2 rings (SSSR count). The zero-order valence-corrected chi connectivity index (χ0v) is 13.0. The molecule has 0 spiro atoms. The fraction of sp³-hybridized carbons (Fsp3) is 0.125. The van der Waals surface area contributed by atoms with Crippen molar-refractivity contribution in [3.8, 4) is 34.1 Å². The molecule has 0 unspecified atom stereocenters. The van der Waals surface area contributed by atoms with Crippen LogP contribution in [0.1, 0.15) is 20.7 Å². The first-order chi connectivity index (χ1) is 11.3. The van der Waals surface area contributed by atoms with Crippen LogP contribution in [0.15, 0.2) is 24.3 Å². The van der Waals surface area contributed by atoms with E-state index in [-0.39, 0.29) is 33.8 Å². The predicted octanol–water partition coefficient (Wildman–Crippen LogP) is 0.980. The molecule has 0 bridgehead atoms. The van der Waals surface area contributed by atoms with Gasteiger partial charge in [-0.15, -0.1) is 0 Å². The molecule has 0 fully saturated rings. The van der Waals surface area contributed by atoms with Crippen molar-refractivity contribution in [2.75, 3.05) is 14.2 Å². The lowest BCUT2D eigenvalue weighted by Crippen LogP contribution is -2.16. The summed E-state index contributed by atoms with van der Waals surface area (Å²) in [7, 11) is 2.62. The van der Waals surface area contributed by atoms with Crippen LogP contribution in [0.5, 0.6) is 23.0 Å². The van der Waals surface area contributed by atoms with E-state index in [0.29, 0.717) is 0 Å². The molecule has 0 saturated heterocycles. The van der Waals surface area contributed by atoms with Gasteiger partial charge in [0.1, 0.15) is 0 Å². The number of carbonyl (C=O) groups excluding carboxylic acids is 2. The first-order valence-electron chi connectivity index (χ1n) is 6.73. The molecule has 0 radical (unpaired) electrons. The fourth-order valence-corrected chi connectivity index (χ4v) is 2.39. The summed E-state index contributed by atoms with van der Waals surface area (Å²) in [5.74, 6) is -2.65. The van der Waals surface area contributed by atoms with Crippen LogP contribution in [0.4, 0.5) is 0 Å². The van der Waals surface area contributed by atoms with Gasteiger partial charge in [0.2, 0.25) is 11.8 Å². The summed E-state index contributed by atoms with van der Waals surface area (Å²) in [6, 6.07) is 5.28. The van der Waals surface area contributed by atoms with Gasteiger partial charge in [0, 0.05) is 11.1 Å². The Kier molecular flexibility index (Phi) is 4.50. The molecule has 0 aliphatic carbocycles. The number of nitrogens with two attached hydrogens (primary N) is 2. The molecule has 0 heterocycles. The number of ether oxygens (including phenoxy) is 2. The van der Waals surface area contributed by atoms with Crippen LogP contribution in [0, 0.1) is 0 Å². The SMILES string of the molecule is COc1ccc(C(N)=O)c(-c2c(C(N)=O)ccc(OC)c2O)c1O. The van der Waals surface area contributed by atoms with E-state index < -0.39 is 23.3 Å². The quantitative estimate of drug-likeness (QED) is 0.642. The number of rotatable bonds is 5. The number of aromatic hydroxyl groups is 2. The average Bonchev–Trinajstić information content (AvgIpc) is 2.54. The van der Waals surface area contributed by atoms with Crippen molar-refractivity contribution in [3.63, 3.8) is 0 Å². The van der Waals surface area contributed by atoms with E-state index in [1.807, 2.05) is 0 Å². The molecule has 2 aromatic rings. The van der Waals surface area contributed by atoms with Crippen LogP contribution in [-0.4, -0.2) is 36.2 Å². The van der Waals surface area contributed by atoms with Crippen LogP contribution in [0.25, 0.3) is 11.1 Å². The Bertz CT molecular complexity index is 762. The maximum atomic E-state index is 11.7. The number of phenolic OH excluding ortho intramolecular Hbond substituents is 2. The van der Waals surface area contributed by atoms with Gasteiger partial charge in [-0.3, -0.25) is 9.59 Å². The maximum Gasteiger partial charge on any atom is 0.249 e. The molecular weight excluding hydrogens is 316 g/mol. The molecule has 6 N–H and O–H groups in total. The molecular formula is C16H16N2O6. The third-order valence-electron chi connectivity index (χ3n) is 3.50. The predicted molar refractivity (Wildman–Crippen MR) is 85.3 cm³/mol. The highest BCUT2D eigenvalue weighted by atomic mass is 16.5. The van der Waals surface area contributed by atoms with Gasteiger partial charge in [0.15, 0.2) is 23.0 Å². The highest BCUT2D eigenvalue weighted by Gasteiger charge is 2.26. The van der Waals surface area contributed by atoms with Gasteiger partial charge in [-0.2, -0.15) is 0 Å². The van der Waals surface area contributed by atoms with Crippen LogP contribution in [0.2, 0.25) is 0 Å². The summed E-state index contributed by atoms with van der Waals surface area (Å²) in [4.78, 5) is 23.5. The minimum Gasteiger partial charge on any atom is -0.504 e. The smallest absolute Gasteiger partial charge is 0.249 e. The summed E-state index contributed by atoms with van der Waals surface area (Å²) in [6.45, 7) is 0. The minimum absolute atomic E-state index is 0.0210. The van der Waals surface area contributed by atoms with E-state index in [9.17, 15) is 19.8 Å². The number of methoxy groups -OCH3 is 2. The molecule has 8 nitrogen and oxygen atoms in total. The Balaban J connectivity index is 2.99. The molecule has 0 aliphatic heterocycles. The van der Waals surface area contributed by atoms with Crippen LogP contribution < -0.4 is 20.9 Å². The minimum atomic E-state index is -0.874. The van der Waals surface area contributed by atoms with Gasteiger partial charge in [-0.05, 0) is 24.3 Å². The molecule has 126 valence electrons. The Hall–Kier alpha value is -3.42. The van der Waals surface area contributed by atoms with Crippen molar-refractivity contribution in [2.45, 2.75) is 0 Å². The van der Waals surface area contributed by atoms with E-state index in [0.717, 1.165) is 0 Å². The molecule has 0 aromatic heterocycles. The molecule has 0 saturated carbocycles. The van der Waals surface area contributed by atoms with Crippen LogP contribution in [-0.2, 0) is 0 Å². The molecule has 8 heteroatoms. The second-order valence-electron chi connectivity index (χ2n) is 4.81. The Morgan fingerprint density at radius 2 is 1.12 bits per heavy atom. The lowest BCUT2D eigenvalue weighted by atomic mass is 9.92. The van der Waals surface area contributed by atoms with Gasteiger partial charge >= 0.3 is 0 Å². The van der Waals surface area contributed by atoms with E-state index in [4.69, 9.17) is 20.9 Å². The van der Waals surface area contributed by atoms with Crippen molar-refractivity contribution < 1.29 is 29.3 Å². The van der Waals surface area contributed by atoms with Gasteiger partial charge < -0.3 is 31.2 Å². The number of carbonyl (C=O) groups is 2. The normalized spacial score (nSPS) is 10.2. The third-order valence-corrected chi connectivity index (χ3v) is 3.50. The van der Waals surface area contributed by atoms with E-state index >= 15 is 0 Å². The maximum absolute atomic E-state index is 11.7. The summed E-state index contributed by atoms with van der Waals surface area (Å²) in [6.07, 6.45) is 0. The summed E-state index contributed by atoms with van der Waals surface area (Å²) in [5.41, 5.74) is 10.1. The zero-order chi connectivity index (χ0) is 18.0. The summed E-state index contributed by atoms with van der Waals surface area (Å²) >= 11 is 0. The lowest BCUT2D eigenvalue weighted by molar-refractivity contribution is 0.0990. The Labute approximate surface area is 137 Å². The number of hydrogen-bond donors (Lipinski definition) is 4. The summed E-state index contributed by atoms with van der Waals surface area (Å²) < 4.78 is 10.0. The van der Waals surface area contributed by atoms with Crippen LogP contribution >= 0.6 is 0 Å². The van der Waals surface area contributed by atoms with Crippen molar-refractivity contribution in [2.24, 2.45) is 11.5 Å². The Morgan fingerprint density at radius 3 is 1.38 bits per heavy atom. The average molecular weight is 332 g/mol. The van der Waals surface area contributed by atoms with E-state index in [2.05, 4.69) is 0 Å². The molecule has 0 atom stereocenters. The van der Waals surface area contributed by atoms with E-state index in [1.165, 1.54) is 38.5 Å². The first-order valence-corrected chi connectivity index (χ1v) is 6.73. The van der Waals surface area contributed by atoms with Gasteiger partial charge in [0.25, 0.3) is 0 Å². The van der Waals surface area contributed by atoms with Crippen LogP contribution in [0.3, 0.4) is 0 Å². The number of amides is 2. The van der Waals surface area contributed by atoms with Crippen molar-refractivity contribution in [1.82, 2.24) is 0 Å². The van der Waals surface area contributed by atoms with Crippen molar-refractivity contribution in [1.29, 1.82) is 0 Å². The third kappa shape index (κ3) is 2.65. The highest BCUT2D eigenvalue weighted by molar-refractivity contribution is 6.09. The summed E-state index contributed by atoms with van der Waals surface area (Å²) in [5, 5.41) is 20.9. The number of benzene rings is 2. The monoisotopic (exact) mass is 332 g/mol. The topological polar surface area (TPSA) is 145 Å². The highest BCUT2D eigenvalue weighted by Crippen LogP contribution is 2.47. The van der Waals surface area contributed by atoms with E-state index in [1.54, 1.807) is 0 Å². The number of hydrogen-bond acceptors (Lipinski definition) is 6. The van der Waals surface area contributed by atoms with Gasteiger partial charge in [-0.25, -0.2) is 0 Å². The molecule has 24 heavy (non-hydrogen) atoms. The van der Waals surface area contributed by atoms with Crippen molar-refractivity contribution >= 4 is 11.8 Å². The Morgan fingerprint density at radius 1 is 0.792 bits per heavy atom. The van der Waals surface area contributed by atoms with Crippen molar-refractivity contribution in [3.05, 3.63) is 35.4 Å².